The number of likely N-dealkylation sites (tertiary alicyclic amines) is 1. The van der Waals surface area contributed by atoms with E-state index >= 15 is 0 Å². The summed E-state index contributed by atoms with van der Waals surface area (Å²) in [6, 6.07) is 7.93. The van der Waals surface area contributed by atoms with Gasteiger partial charge >= 0.3 is 0 Å². The molecule has 36 heavy (non-hydrogen) atoms. The highest BCUT2D eigenvalue weighted by molar-refractivity contribution is 7.14. The van der Waals surface area contributed by atoms with Crippen LogP contribution in [-0.2, 0) is 29.5 Å². The number of carbonyl (C=O) groups excluding carboxylic acids is 3. The summed E-state index contributed by atoms with van der Waals surface area (Å²) in [4.78, 5) is 41.4. The van der Waals surface area contributed by atoms with Gasteiger partial charge in [0.05, 0.1) is 16.5 Å². The number of thiophene rings is 1. The zero-order valence-corrected chi connectivity index (χ0v) is 21.2. The van der Waals surface area contributed by atoms with Gasteiger partial charge in [0.2, 0.25) is 11.8 Å². The van der Waals surface area contributed by atoms with Crippen molar-refractivity contribution in [3.63, 3.8) is 0 Å². The van der Waals surface area contributed by atoms with Crippen LogP contribution in [0.3, 0.4) is 0 Å². The van der Waals surface area contributed by atoms with Crippen LogP contribution >= 0.6 is 11.3 Å². The van der Waals surface area contributed by atoms with Crippen LogP contribution < -0.4 is 10.1 Å². The molecule has 9 heteroatoms. The Balaban J connectivity index is 1.15. The molecule has 2 aliphatic heterocycles. The third-order valence-corrected chi connectivity index (χ3v) is 8.88. The molecule has 1 unspecified atom stereocenters. The first kappa shape index (κ1) is 23.2. The van der Waals surface area contributed by atoms with Crippen LogP contribution in [0.2, 0.25) is 0 Å². The number of hydrogen-bond donors (Lipinski definition) is 1. The molecule has 1 N–H and O–H groups in total. The number of ether oxygens (including phenoxy) is 1. The maximum absolute atomic E-state index is 13.1. The monoisotopic (exact) mass is 506 g/mol. The average molecular weight is 507 g/mol. The molecule has 1 aliphatic carbocycles. The molecule has 6 rings (SSSR count). The second-order valence-corrected chi connectivity index (χ2v) is 11.2. The zero-order valence-electron chi connectivity index (χ0n) is 20.4. The fourth-order valence-corrected chi connectivity index (χ4v) is 6.96. The van der Waals surface area contributed by atoms with Crippen LogP contribution in [0.4, 0.5) is 0 Å². The molecule has 1 atom stereocenters. The van der Waals surface area contributed by atoms with Gasteiger partial charge in [-0.3, -0.25) is 24.4 Å². The quantitative estimate of drug-likeness (QED) is 0.545. The Morgan fingerprint density at radius 1 is 1.11 bits per heavy atom. The molecule has 8 nitrogen and oxygen atoms in total. The Morgan fingerprint density at radius 3 is 2.69 bits per heavy atom. The normalized spacial score (nSPS) is 20.9. The van der Waals surface area contributed by atoms with Gasteiger partial charge in [-0.05, 0) is 49.8 Å². The molecule has 0 radical (unpaired) electrons. The Kier molecular flexibility index (Phi) is 6.03. The molecule has 0 bridgehead atoms. The van der Waals surface area contributed by atoms with E-state index in [1.54, 1.807) is 16.0 Å². The van der Waals surface area contributed by atoms with E-state index in [2.05, 4.69) is 16.5 Å². The van der Waals surface area contributed by atoms with Gasteiger partial charge < -0.3 is 9.64 Å². The number of fused-ring (bicyclic) bond motifs is 2. The Hall–Kier alpha value is -3.20. The molecule has 0 spiro atoms. The van der Waals surface area contributed by atoms with Crippen LogP contribution in [-0.4, -0.2) is 51.6 Å². The lowest BCUT2D eigenvalue weighted by Crippen LogP contribution is -2.41. The van der Waals surface area contributed by atoms with Crippen molar-refractivity contribution in [2.24, 2.45) is 7.05 Å². The van der Waals surface area contributed by atoms with Crippen molar-refractivity contribution in [3.05, 3.63) is 45.3 Å². The lowest BCUT2D eigenvalue weighted by Gasteiger charge is -2.32. The molecule has 3 aromatic rings. The second-order valence-electron chi connectivity index (χ2n) is 10.0. The first-order valence-corrected chi connectivity index (χ1v) is 13.7. The van der Waals surface area contributed by atoms with Gasteiger partial charge in [0.15, 0.2) is 0 Å². The predicted octanol–water partition coefficient (Wildman–Crippen LogP) is 3.72. The van der Waals surface area contributed by atoms with E-state index in [0.717, 1.165) is 47.2 Å². The van der Waals surface area contributed by atoms with Gasteiger partial charge in [-0.2, -0.15) is 5.10 Å². The summed E-state index contributed by atoms with van der Waals surface area (Å²) in [5.41, 5.74) is 2.90. The van der Waals surface area contributed by atoms with Gasteiger partial charge in [0.25, 0.3) is 5.91 Å². The van der Waals surface area contributed by atoms with Gasteiger partial charge in [-0.1, -0.05) is 12.1 Å². The number of benzene rings is 1. The van der Waals surface area contributed by atoms with Crippen molar-refractivity contribution in [2.45, 2.75) is 63.4 Å². The summed E-state index contributed by atoms with van der Waals surface area (Å²) >= 11 is 1.68. The number of rotatable bonds is 4. The number of aryl methyl sites for hydroxylation is 3. The second kappa shape index (κ2) is 9.35. The minimum absolute atomic E-state index is 0.00476. The highest BCUT2D eigenvalue weighted by Crippen LogP contribution is 2.36. The number of nitrogens with one attached hydrogen (secondary N) is 1. The zero-order chi connectivity index (χ0) is 24.8. The third-order valence-electron chi connectivity index (χ3n) is 7.66. The molecule has 188 valence electrons. The summed E-state index contributed by atoms with van der Waals surface area (Å²) in [6.45, 7) is 1.35. The van der Waals surface area contributed by atoms with E-state index in [4.69, 9.17) is 4.74 Å². The smallest absolute Gasteiger partial charge is 0.263 e. The van der Waals surface area contributed by atoms with Gasteiger partial charge in [-0.15, -0.1) is 11.3 Å². The van der Waals surface area contributed by atoms with E-state index in [1.807, 2.05) is 30.1 Å². The van der Waals surface area contributed by atoms with E-state index < -0.39 is 5.92 Å². The fraction of sp³-hybridized carbons (Fsp3) is 0.481. The Morgan fingerprint density at radius 2 is 1.92 bits per heavy atom. The number of amides is 3. The maximum Gasteiger partial charge on any atom is 0.263 e. The first-order valence-electron chi connectivity index (χ1n) is 12.8. The number of nitrogens with zero attached hydrogens (tertiary/aromatic N) is 3. The van der Waals surface area contributed by atoms with Crippen LogP contribution in [0.15, 0.2) is 24.3 Å². The molecule has 2 aromatic heterocycles. The minimum Gasteiger partial charge on any atom is -0.488 e. The number of piperidine rings is 2. The lowest BCUT2D eigenvalue weighted by molar-refractivity contribution is -0.134. The van der Waals surface area contributed by atoms with E-state index in [-0.39, 0.29) is 23.8 Å². The number of imide groups is 1. The molecule has 4 heterocycles. The van der Waals surface area contributed by atoms with Crippen LogP contribution in [0, 0.1) is 0 Å². The summed E-state index contributed by atoms with van der Waals surface area (Å²) in [5.74, 6) is -0.0868. The van der Waals surface area contributed by atoms with Crippen molar-refractivity contribution in [2.75, 3.05) is 13.1 Å². The SMILES string of the molecule is Cn1nc(C2CCC(=O)NC2=O)c2cccc(OC3CCN(C(=O)c4cc5c(s4)CCCC5)CC3)c21. The van der Waals surface area contributed by atoms with Crippen LogP contribution in [0.5, 0.6) is 5.75 Å². The van der Waals surface area contributed by atoms with E-state index in [1.165, 1.54) is 23.3 Å². The minimum atomic E-state index is -0.446. The predicted molar refractivity (Wildman–Crippen MR) is 136 cm³/mol. The van der Waals surface area contributed by atoms with Crippen molar-refractivity contribution in [3.8, 4) is 5.75 Å². The topological polar surface area (TPSA) is 93.5 Å². The van der Waals surface area contributed by atoms with Gasteiger partial charge in [0.1, 0.15) is 17.4 Å². The van der Waals surface area contributed by atoms with Crippen molar-refractivity contribution >= 4 is 40.0 Å². The molecule has 3 aliphatic rings. The summed E-state index contributed by atoms with van der Waals surface area (Å²) in [6.07, 6.45) is 6.97. The standard InChI is InChI=1S/C27H30N4O4S/c1-30-25-18(24(29-30)19-9-10-23(32)28-26(19)33)6-4-7-20(25)35-17-11-13-31(14-12-17)27(34)22-15-16-5-2-3-8-21(16)36-22/h4,6-7,15,17,19H,2-3,5,8-14H2,1H3,(H,28,32,33). The number of aromatic nitrogens is 2. The molecule has 2 saturated heterocycles. The fourth-order valence-electron chi connectivity index (χ4n) is 5.74. The Bertz CT molecular complexity index is 1330. The Labute approximate surface area is 213 Å². The van der Waals surface area contributed by atoms with Crippen molar-refractivity contribution < 1.29 is 19.1 Å². The van der Waals surface area contributed by atoms with Gasteiger partial charge in [0, 0.05) is 49.7 Å². The van der Waals surface area contributed by atoms with Crippen LogP contribution in [0.25, 0.3) is 10.9 Å². The molecular weight excluding hydrogens is 476 g/mol. The maximum atomic E-state index is 13.1. The van der Waals surface area contributed by atoms with E-state index in [0.29, 0.717) is 31.6 Å². The van der Waals surface area contributed by atoms with Crippen LogP contribution in [0.1, 0.15) is 70.2 Å². The van der Waals surface area contributed by atoms with Crippen molar-refractivity contribution in [1.29, 1.82) is 0 Å². The average Bonchev–Trinajstić information content (AvgIpc) is 3.46. The molecular formula is C27H30N4O4S. The summed E-state index contributed by atoms with van der Waals surface area (Å²) < 4.78 is 8.21. The first-order chi connectivity index (χ1) is 17.5. The molecule has 2 fully saturated rings. The molecule has 3 amide bonds. The summed E-state index contributed by atoms with van der Waals surface area (Å²) in [5, 5.41) is 7.96. The van der Waals surface area contributed by atoms with Gasteiger partial charge in [-0.25, -0.2) is 0 Å². The molecule has 1 aromatic carbocycles. The van der Waals surface area contributed by atoms with E-state index in [9.17, 15) is 14.4 Å². The highest BCUT2D eigenvalue weighted by atomic mass is 32.1. The number of para-hydroxylation sites is 1. The summed E-state index contributed by atoms with van der Waals surface area (Å²) in [7, 11) is 1.85. The number of hydrogen-bond acceptors (Lipinski definition) is 6. The largest absolute Gasteiger partial charge is 0.488 e. The number of carbonyl (C=O) groups is 3. The third kappa shape index (κ3) is 4.19. The van der Waals surface area contributed by atoms with Crippen molar-refractivity contribution in [1.82, 2.24) is 20.0 Å². The lowest BCUT2D eigenvalue weighted by atomic mass is 9.93. The molecule has 0 saturated carbocycles. The highest BCUT2D eigenvalue weighted by Gasteiger charge is 2.33.